The van der Waals surface area contributed by atoms with Gasteiger partial charge >= 0.3 is 0 Å². The van der Waals surface area contributed by atoms with E-state index in [0.29, 0.717) is 16.7 Å². The quantitative estimate of drug-likeness (QED) is 0.302. The number of aryl methyl sites for hydroxylation is 1. The van der Waals surface area contributed by atoms with Crippen molar-refractivity contribution in [2.45, 2.75) is 37.9 Å². The first-order chi connectivity index (χ1) is 17.1. The summed E-state index contributed by atoms with van der Waals surface area (Å²) in [6.07, 6.45) is -0.394. The smallest absolute Gasteiger partial charge is 0.247 e. The number of rotatable bonds is 7. The van der Waals surface area contributed by atoms with Crippen molar-refractivity contribution in [3.8, 4) is 17.1 Å². The number of para-hydroxylation sites is 1. The fourth-order valence-corrected chi connectivity index (χ4v) is 4.87. The Bertz CT molecular complexity index is 1290. The summed E-state index contributed by atoms with van der Waals surface area (Å²) >= 11 is 1.56. The van der Waals surface area contributed by atoms with Crippen LogP contribution in [-0.4, -0.2) is 28.3 Å². The van der Waals surface area contributed by atoms with Gasteiger partial charge in [-0.25, -0.2) is 0 Å². The van der Waals surface area contributed by atoms with Gasteiger partial charge in [-0.15, -0.1) is 10.2 Å². The molecule has 0 spiro atoms. The first-order valence-corrected chi connectivity index (χ1v) is 12.9. The molecule has 0 amide bonds. The lowest BCUT2D eigenvalue weighted by Gasteiger charge is -2.23. The largest absolute Gasteiger partial charge is 0.448 e. The summed E-state index contributed by atoms with van der Waals surface area (Å²) in [6, 6.07) is 25.1. The molecule has 6 nitrogen and oxygen atoms in total. The fraction of sp³-hybridized carbons (Fsp3) is 0.250. The average molecular weight is 484 g/mol. The number of aromatic nitrogens is 3. The number of nitrogens with zero attached hydrogens (tertiary/aromatic N) is 4. The van der Waals surface area contributed by atoms with Crippen molar-refractivity contribution < 1.29 is 4.74 Å². The second-order valence-corrected chi connectivity index (χ2v) is 9.42. The van der Waals surface area contributed by atoms with Crippen molar-refractivity contribution >= 4 is 23.1 Å². The van der Waals surface area contributed by atoms with Crippen molar-refractivity contribution in [2.24, 2.45) is 0 Å². The maximum Gasteiger partial charge on any atom is 0.247 e. The lowest BCUT2D eigenvalue weighted by atomic mass is 10.1. The van der Waals surface area contributed by atoms with Crippen molar-refractivity contribution in [2.75, 3.05) is 23.3 Å². The summed E-state index contributed by atoms with van der Waals surface area (Å²) in [7, 11) is 0. The molecular formula is C28H29N5OS. The lowest BCUT2D eigenvalue weighted by Crippen LogP contribution is -2.22. The number of benzene rings is 3. The molecule has 1 atom stereocenters. The minimum absolute atomic E-state index is 0.394. The summed E-state index contributed by atoms with van der Waals surface area (Å²) in [5.41, 5.74) is 7.22. The zero-order valence-electron chi connectivity index (χ0n) is 20.2. The van der Waals surface area contributed by atoms with Crippen LogP contribution in [0.5, 0.6) is 5.88 Å². The van der Waals surface area contributed by atoms with Crippen molar-refractivity contribution in [3.63, 3.8) is 0 Å². The van der Waals surface area contributed by atoms with Gasteiger partial charge in [0, 0.05) is 41.3 Å². The zero-order chi connectivity index (χ0) is 24.2. The molecular weight excluding hydrogens is 454 g/mol. The molecule has 0 saturated carbocycles. The van der Waals surface area contributed by atoms with Gasteiger partial charge in [-0.3, -0.25) is 0 Å². The van der Waals surface area contributed by atoms with Gasteiger partial charge in [-0.2, -0.15) is 4.98 Å². The highest BCUT2D eigenvalue weighted by Gasteiger charge is 2.26. The van der Waals surface area contributed by atoms with Crippen molar-refractivity contribution in [3.05, 3.63) is 89.5 Å². The van der Waals surface area contributed by atoms with Gasteiger partial charge in [0.1, 0.15) is 0 Å². The van der Waals surface area contributed by atoms with E-state index < -0.39 is 6.23 Å². The van der Waals surface area contributed by atoms with Gasteiger partial charge in [0.15, 0.2) is 11.9 Å². The summed E-state index contributed by atoms with van der Waals surface area (Å²) < 4.78 is 6.44. The Morgan fingerprint density at radius 1 is 0.914 bits per heavy atom. The highest BCUT2D eigenvalue weighted by atomic mass is 32.2. The minimum atomic E-state index is -0.394. The molecule has 0 radical (unpaired) electrons. The molecule has 1 aliphatic heterocycles. The van der Waals surface area contributed by atoms with Crippen molar-refractivity contribution in [1.29, 1.82) is 0 Å². The maximum atomic E-state index is 6.44. The summed E-state index contributed by atoms with van der Waals surface area (Å²) in [5.74, 6) is 1.26. The van der Waals surface area contributed by atoms with Crippen molar-refractivity contribution in [1.82, 2.24) is 15.2 Å². The molecule has 1 aliphatic rings. The molecule has 5 rings (SSSR count). The molecule has 0 fully saturated rings. The predicted octanol–water partition coefficient (Wildman–Crippen LogP) is 6.49. The Balaban J connectivity index is 1.44. The third-order valence-electron chi connectivity index (χ3n) is 6.15. The number of ether oxygens (including phenoxy) is 1. The lowest BCUT2D eigenvalue weighted by molar-refractivity contribution is 0.225. The minimum Gasteiger partial charge on any atom is -0.448 e. The second-order valence-electron chi connectivity index (χ2n) is 8.47. The Morgan fingerprint density at radius 3 is 2.40 bits per heavy atom. The normalized spacial score (nSPS) is 14.2. The van der Waals surface area contributed by atoms with Crippen LogP contribution >= 0.6 is 11.8 Å². The second kappa shape index (κ2) is 10.4. The molecule has 0 unspecified atom stereocenters. The van der Waals surface area contributed by atoms with Crippen LogP contribution in [0.3, 0.4) is 0 Å². The van der Waals surface area contributed by atoms with Gasteiger partial charge in [0.25, 0.3) is 0 Å². The molecule has 4 aromatic rings. The molecule has 1 aromatic heterocycles. The molecule has 178 valence electrons. The third kappa shape index (κ3) is 5.10. The Kier molecular flexibility index (Phi) is 6.86. The number of anilines is 2. The molecule has 2 heterocycles. The molecule has 0 aliphatic carbocycles. The molecule has 1 N–H and O–H groups in total. The molecule has 0 bridgehead atoms. The van der Waals surface area contributed by atoms with Gasteiger partial charge in [-0.1, -0.05) is 71.9 Å². The predicted molar refractivity (Wildman–Crippen MR) is 143 cm³/mol. The topological polar surface area (TPSA) is 63.2 Å². The van der Waals surface area contributed by atoms with Crippen LogP contribution in [0.2, 0.25) is 0 Å². The number of thioether (sulfide) groups is 1. The highest BCUT2D eigenvalue weighted by molar-refractivity contribution is 7.98. The fourth-order valence-electron chi connectivity index (χ4n) is 4.14. The van der Waals surface area contributed by atoms with E-state index in [9.17, 15) is 0 Å². The van der Waals surface area contributed by atoms with E-state index in [4.69, 9.17) is 9.72 Å². The van der Waals surface area contributed by atoms with Gasteiger partial charge in [-0.05, 0) is 44.5 Å². The Hall–Kier alpha value is -3.58. The highest BCUT2D eigenvalue weighted by Crippen LogP contribution is 2.39. The summed E-state index contributed by atoms with van der Waals surface area (Å²) in [4.78, 5) is 7.10. The van der Waals surface area contributed by atoms with E-state index in [1.165, 1.54) is 16.8 Å². The average Bonchev–Trinajstić information content (AvgIpc) is 3.06. The standard InChI is InChI=1S/C28H29N5OS/c1-4-33(5-2)22-16-14-21(15-17-22)26-29-24-9-7-6-8-23(24)25-27(34-26)30-28(32-31-25)35-18-20-12-10-19(3)11-13-20/h6-17,26,29H,4-5,18H2,1-3H3/t26-/m0/s1. The van der Waals surface area contributed by atoms with Crippen LogP contribution in [-0.2, 0) is 5.75 Å². The first-order valence-electron chi connectivity index (χ1n) is 11.9. The van der Waals surface area contributed by atoms with E-state index in [1.54, 1.807) is 11.8 Å². The van der Waals surface area contributed by atoms with E-state index in [-0.39, 0.29) is 0 Å². The maximum absolute atomic E-state index is 6.44. The number of hydrogen-bond acceptors (Lipinski definition) is 7. The van der Waals surface area contributed by atoms with E-state index in [2.05, 4.69) is 89.7 Å². The molecule has 7 heteroatoms. The van der Waals surface area contributed by atoms with Crippen LogP contribution in [0.4, 0.5) is 11.4 Å². The zero-order valence-corrected chi connectivity index (χ0v) is 21.0. The Morgan fingerprint density at radius 2 is 1.66 bits per heavy atom. The SMILES string of the molecule is CCN(CC)c1ccc([C@H]2Nc3ccccc3-c3nnc(SCc4ccc(C)cc4)nc3O2)cc1. The Labute approximate surface area is 210 Å². The van der Waals surface area contributed by atoms with Crippen LogP contribution in [0, 0.1) is 6.92 Å². The monoisotopic (exact) mass is 483 g/mol. The van der Waals surface area contributed by atoms with E-state index in [0.717, 1.165) is 35.7 Å². The summed E-state index contributed by atoms with van der Waals surface area (Å²) in [5, 5.41) is 13.1. The van der Waals surface area contributed by atoms with E-state index in [1.807, 2.05) is 24.3 Å². The van der Waals surface area contributed by atoms with Gasteiger partial charge in [0.2, 0.25) is 11.0 Å². The van der Waals surface area contributed by atoms with Crippen LogP contribution in [0.15, 0.2) is 78.0 Å². The van der Waals surface area contributed by atoms with E-state index >= 15 is 0 Å². The van der Waals surface area contributed by atoms with Crippen LogP contribution in [0.25, 0.3) is 11.3 Å². The molecule has 0 saturated heterocycles. The molecule has 3 aromatic carbocycles. The number of nitrogens with one attached hydrogen (secondary N) is 1. The van der Waals surface area contributed by atoms with Crippen LogP contribution < -0.4 is 15.0 Å². The molecule has 35 heavy (non-hydrogen) atoms. The first kappa shape index (κ1) is 23.2. The van der Waals surface area contributed by atoms with Gasteiger partial charge < -0.3 is 15.0 Å². The third-order valence-corrected chi connectivity index (χ3v) is 7.06. The number of hydrogen-bond donors (Lipinski definition) is 1. The van der Waals surface area contributed by atoms with Gasteiger partial charge in [0.05, 0.1) is 0 Å². The summed E-state index contributed by atoms with van der Waals surface area (Å²) in [6.45, 7) is 8.37. The van der Waals surface area contributed by atoms with Crippen LogP contribution in [0.1, 0.15) is 36.8 Å². The number of fused-ring (bicyclic) bond motifs is 3.